The summed E-state index contributed by atoms with van der Waals surface area (Å²) in [4.78, 5) is 1.59. The molecule has 1 heterocycles. The van der Waals surface area contributed by atoms with Gasteiger partial charge in [0.25, 0.3) is 0 Å². The fourth-order valence-corrected chi connectivity index (χ4v) is 4.70. The van der Waals surface area contributed by atoms with Gasteiger partial charge >= 0.3 is 29.6 Å². The van der Waals surface area contributed by atoms with Crippen molar-refractivity contribution in [2.75, 3.05) is 0 Å². The van der Waals surface area contributed by atoms with Crippen LogP contribution in [0.15, 0.2) is 59.3 Å². The summed E-state index contributed by atoms with van der Waals surface area (Å²) in [6.45, 7) is 2.03. The maximum absolute atomic E-state index is 12.9. The van der Waals surface area contributed by atoms with Crippen LogP contribution in [-0.2, 0) is 9.84 Å². The predicted octanol–water partition coefficient (Wildman–Crippen LogP) is 1.13. The van der Waals surface area contributed by atoms with E-state index in [1.54, 1.807) is 30.5 Å². The van der Waals surface area contributed by atoms with E-state index in [4.69, 9.17) is 22.1 Å². The van der Waals surface area contributed by atoms with Crippen LogP contribution in [0.5, 0.6) is 0 Å². The molecule has 1 aromatic carbocycles. The average Bonchev–Trinajstić information content (AvgIpc) is 2.67. The Balaban J connectivity index is 0.00000364. The molecule has 0 amide bonds. The average molecular weight is 412 g/mol. The summed E-state index contributed by atoms with van der Waals surface area (Å²) in [5, 5.41) is 18.1. The van der Waals surface area contributed by atoms with Gasteiger partial charge in [-0.05, 0) is 42.9 Å². The van der Waals surface area contributed by atoms with Crippen molar-refractivity contribution in [2.45, 2.75) is 35.8 Å². The molecule has 0 radical (unpaired) electrons. The summed E-state index contributed by atoms with van der Waals surface area (Å²) in [5.41, 5.74) is 0.789. The number of sulfone groups is 1. The third-order valence-electron chi connectivity index (χ3n) is 4.13. The van der Waals surface area contributed by atoms with Crippen molar-refractivity contribution in [1.29, 1.82) is 10.5 Å². The fraction of sp³-hybridized carbons (Fsp3) is 0.316. The maximum Gasteiger partial charge on any atom is 1.00 e. The van der Waals surface area contributed by atoms with Gasteiger partial charge in [-0.25, -0.2) is 18.9 Å². The molecule has 0 aromatic heterocycles. The number of alkyl halides is 1. The van der Waals surface area contributed by atoms with Crippen LogP contribution in [0.25, 0.3) is 0 Å². The quantitative estimate of drug-likeness (QED) is 0.381. The molecule has 1 aliphatic rings. The van der Waals surface area contributed by atoms with Gasteiger partial charge in [-0.15, -0.1) is 11.6 Å². The molecule has 136 valence electrons. The standard InChI is InChI=1S/C19H19ClN3O2S.Na/c1-2-3-7-15-14-23(16(12-21)13-22)11-10-18(15)19(20)26(24,25)17-8-5-4-6-9-17;/h4-6,8-11,14,18-19H,2-3,7H2,1H3;/q-1;+1. The zero-order valence-electron chi connectivity index (χ0n) is 15.3. The number of hydrogen-bond donors (Lipinski definition) is 0. The number of hydrogen-bond acceptors (Lipinski definition) is 5. The first kappa shape index (κ1) is 23.6. The largest absolute Gasteiger partial charge is 1.00 e. The summed E-state index contributed by atoms with van der Waals surface area (Å²) in [6.07, 6.45) is 7.25. The monoisotopic (exact) mass is 411 g/mol. The molecule has 0 aliphatic carbocycles. The summed E-state index contributed by atoms with van der Waals surface area (Å²) >= 11 is 6.42. The minimum absolute atomic E-state index is 0. The molecule has 1 aromatic rings. The number of nitriles is 2. The Labute approximate surface area is 188 Å². The molecule has 2 unspecified atom stereocenters. The fourth-order valence-electron chi connectivity index (χ4n) is 2.70. The number of nitrogens with zero attached hydrogens (tertiary/aromatic N) is 3. The molecule has 8 heteroatoms. The van der Waals surface area contributed by atoms with Crippen LogP contribution in [0.4, 0.5) is 0 Å². The van der Waals surface area contributed by atoms with E-state index in [0.717, 1.165) is 18.4 Å². The van der Waals surface area contributed by atoms with E-state index in [1.807, 2.05) is 19.1 Å². The molecule has 2 atom stereocenters. The molecule has 0 bridgehead atoms. The van der Waals surface area contributed by atoms with Crippen molar-refractivity contribution < 1.29 is 38.0 Å². The molecule has 27 heavy (non-hydrogen) atoms. The van der Waals surface area contributed by atoms with Crippen molar-refractivity contribution >= 4 is 21.4 Å². The van der Waals surface area contributed by atoms with Crippen molar-refractivity contribution in [1.82, 2.24) is 4.90 Å². The molecule has 0 fully saturated rings. The molecule has 0 N–H and O–H groups in total. The van der Waals surface area contributed by atoms with Crippen molar-refractivity contribution in [3.63, 3.8) is 0 Å². The molecule has 1 aliphatic heterocycles. The Hall–Kier alpha value is -1.41. The Morgan fingerprint density at radius 1 is 1.26 bits per heavy atom. The second kappa shape index (κ2) is 10.8. The number of halogens is 1. The molecule has 5 nitrogen and oxygen atoms in total. The first-order valence-corrected chi connectivity index (χ1v) is 10.2. The van der Waals surface area contributed by atoms with E-state index in [1.165, 1.54) is 23.2 Å². The van der Waals surface area contributed by atoms with E-state index in [2.05, 4.69) is 0 Å². The second-order valence-electron chi connectivity index (χ2n) is 5.86. The van der Waals surface area contributed by atoms with Crippen LogP contribution < -0.4 is 29.6 Å². The van der Waals surface area contributed by atoms with Crippen molar-refractivity contribution in [2.24, 2.45) is 5.92 Å². The molecule has 0 saturated carbocycles. The Morgan fingerprint density at radius 2 is 1.89 bits per heavy atom. The van der Waals surface area contributed by atoms with Gasteiger partial charge in [0.15, 0.2) is 9.84 Å². The third kappa shape index (κ3) is 5.54. The van der Waals surface area contributed by atoms with Crippen LogP contribution in [0.3, 0.4) is 0 Å². The Morgan fingerprint density at radius 3 is 2.44 bits per heavy atom. The zero-order valence-corrected chi connectivity index (χ0v) is 18.9. The van der Waals surface area contributed by atoms with E-state index < -0.39 is 20.5 Å². The Bertz CT molecular complexity index is 858. The predicted molar refractivity (Wildman–Crippen MR) is 99.8 cm³/mol. The number of unbranched alkanes of at least 4 members (excludes halogenated alkanes) is 1. The molecule has 2 rings (SSSR count). The van der Waals surface area contributed by atoms with Gasteiger partial charge < -0.3 is 4.90 Å². The smallest absolute Gasteiger partial charge is 0.461 e. The maximum atomic E-state index is 12.9. The number of rotatable bonds is 7. The minimum Gasteiger partial charge on any atom is -0.461 e. The van der Waals surface area contributed by atoms with Gasteiger partial charge in [-0.1, -0.05) is 55.8 Å². The first-order valence-electron chi connectivity index (χ1n) is 8.23. The topological polar surface area (TPSA) is 85.0 Å². The number of allylic oxidation sites excluding steroid dienone is 2. The molecule has 0 spiro atoms. The minimum atomic E-state index is -3.73. The third-order valence-corrected chi connectivity index (χ3v) is 6.92. The van der Waals surface area contributed by atoms with Gasteiger partial charge in [-0.3, -0.25) is 0 Å². The van der Waals surface area contributed by atoms with Gasteiger partial charge in [-0.2, -0.15) is 0 Å². The van der Waals surface area contributed by atoms with Crippen LogP contribution in [0.1, 0.15) is 26.2 Å². The molecule has 0 saturated heterocycles. The Kier molecular flexibility index (Phi) is 9.45. The SMILES string of the molecule is CCCCC1=CN([C-](C#N)C#N)C=CC1C(Cl)S(=O)(=O)c1ccccc1.[Na+]. The summed E-state index contributed by atoms with van der Waals surface area (Å²) in [7, 11) is -3.73. The van der Waals surface area contributed by atoms with Gasteiger partial charge in [0, 0.05) is 5.92 Å². The summed E-state index contributed by atoms with van der Waals surface area (Å²) in [5.74, 6) is -0.525. The van der Waals surface area contributed by atoms with Crippen LogP contribution in [-0.4, -0.2) is 18.0 Å². The van der Waals surface area contributed by atoms with Crippen LogP contribution in [0.2, 0.25) is 0 Å². The van der Waals surface area contributed by atoms with Gasteiger partial charge in [0.05, 0.1) is 4.90 Å². The van der Waals surface area contributed by atoms with Crippen molar-refractivity contribution in [3.8, 4) is 12.1 Å². The van der Waals surface area contributed by atoms with Gasteiger partial charge in [0.2, 0.25) is 0 Å². The molecular weight excluding hydrogens is 393 g/mol. The van der Waals surface area contributed by atoms with Crippen LogP contribution in [0, 0.1) is 34.6 Å². The summed E-state index contributed by atoms with van der Waals surface area (Å²) in [6, 6.07) is 11.7. The summed E-state index contributed by atoms with van der Waals surface area (Å²) < 4.78 is 24.6. The normalized spacial score (nSPS) is 17.1. The van der Waals surface area contributed by atoms with Gasteiger partial charge in [0.1, 0.15) is 4.71 Å². The van der Waals surface area contributed by atoms with Crippen LogP contribution >= 0.6 is 11.6 Å². The van der Waals surface area contributed by atoms with E-state index >= 15 is 0 Å². The van der Waals surface area contributed by atoms with Crippen molar-refractivity contribution in [3.05, 3.63) is 60.4 Å². The first-order chi connectivity index (χ1) is 12.5. The number of benzene rings is 1. The zero-order chi connectivity index (χ0) is 19.2. The second-order valence-corrected chi connectivity index (χ2v) is 8.66. The van der Waals surface area contributed by atoms with E-state index in [-0.39, 0.29) is 40.5 Å². The molecular formula is C19H19ClN3NaO2S. The van der Waals surface area contributed by atoms with E-state index in [0.29, 0.717) is 6.42 Å². The van der Waals surface area contributed by atoms with E-state index in [9.17, 15) is 8.42 Å².